The highest BCUT2D eigenvalue weighted by Gasteiger charge is 2.30. The minimum absolute atomic E-state index is 0.510. The number of aryl methyl sites for hydroxylation is 1. The fourth-order valence-electron chi connectivity index (χ4n) is 2.27. The number of benzene rings is 1. The first-order chi connectivity index (χ1) is 9.72. The van der Waals surface area contributed by atoms with Crippen molar-refractivity contribution in [3.63, 3.8) is 0 Å². The highest BCUT2D eigenvalue weighted by Crippen LogP contribution is 2.44. The third-order valence-electron chi connectivity index (χ3n) is 3.76. The van der Waals surface area contributed by atoms with Crippen LogP contribution in [0.4, 0.5) is 10.8 Å². The van der Waals surface area contributed by atoms with E-state index in [0.717, 1.165) is 34.1 Å². The lowest BCUT2D eigenvalue weighted by molar-refractivity contribution is 0.112. The second kappa shape index (κ2) is 5.37. The zero-order valence-corrected chi connectivity index (χ0v) is 12.6. The molecule has 0 radical (unpaired) electrons. The number of carbonyl (C=O) groups is 1. The molecule has 0 spiro atoms. The summed E-state index contributed by atoms with van der Waals surface area (Å²) in [4.78, 5) is 18.7. The molecule has 3 nitrogen and oxygen atoms in total. The van der Waals surface area contributed by atoms with Gasteiger partial charge in [-0.1, -0.05) is 30.4 Å². The molecule has 3 rings (SSSR count). The summed E-state index contributed by atoms with van der Waals surface area (Å²) >= 11 is 1.49. The molecule has 0 unspecified atom stereocenters. The summed E-state index contributed by atoms with van der Waals surface area (Å²) in [6.07, 6.45) is 4.32. The van der Waals surface area contributed by atoms with Crippen molar-refractivity contribution in [3.05, 3.63) is 40.4 Å². The predicted octanol–water partition coefficient (Wildman–Crippen LogP) is 4.16. The number of carbonyl (C=O) groups excluding carboxylic acids is 1. The highest BCUT2D eigenvalue weighted by atomic mass is 32.1. The fraction of sp³-hybridized carbons (Fsp3) is 0.375. The number of rotatable bonds is 5. The largest absolute Gasteiger partial charge is 0.321 e. The van der Waals surface area contributed by atoms with Crippen molar-refractivity contribution in [2.75, 3.05) is 11.9 Å². The Hall–Kier alpha value is -1.68. The van der Waals surface area contributed by atoms with E-state index in [1.807, 2.05) is 7.05 Å². The van der Waals surface area contributed by atoms with Gasteiger partial charge < -0.3 is 4.90 Å². The van der Waals surface area contributed by atoms with Crippen LogP contribution in [0.25, 0.3) is 0 Å². The Bertz CT molecular complexity index is 614. The third-order valence-corrected chi connectivity index (χ3v) is 4.83. The molecule has 0 aliphatic heterocycles. The van der Waals surface area contributed by atoms with Gasteiger partial charge in [-0.15, -0.1) is 0 Å². The Labute approximate surface area is 123 Å². The van der Waals surface area contributed by atoms with Crippen molar-refractivity contribution < 1.29 is 4.79 Å². The van der Waals surface area contributed by atoms with E-state index in [0.29, 0.717) is 5.92 Å². The number of anilines is 2. The van der Waals surface area contributed by atoms with Crippen LogP contribution in [0, 0.1) is 0 Å². The Kier molecular flexibility index (Phi) is 3.57. The van der Waals surface area contributed by atoms with E-state index >= 15 is 0 Å². The molecule has 1 aromatic heterocycles. The first-order valence-electron chi connectivity index (χ1n) is 7.01. The van der Waals surface area contributed by atoms with E-state index in [4.69, 9.17) is 0 Å². The molecule has 0 bridgehead atoms. The van der Waals surface area contributed by atoms with Crippen molar-refractivity contribution in [1.29, 1.82) is 0 Å². The summed E-state index contributed by atoms with van der Waals surface area (Å²) in [7, 11) is 2.01. The van der Waals surface area contributed by atoms with Crippen LogP contribution in [-0.2, 0) is 6.42 Å². The first-order valence-corrected chi connectivity index (χ1v) is 7.83. The smallest absolute Gasteiger partial charge is 0.190 e. The summed E-state index contributed by atoms with van der Waals surface area (Å²) in [6, 6.07) is 8.50. The molecule has 1 aliphatic rings. The van der Waals surface area contributed by atoms with Crippen LogP contribution in [0.15, 0.2) is 24.3 Å². The highest BCUT2D eigenvalue weighted by molar-refractivity contribution is 7.17. The van der Waals surface area contributed by atoms with E-state index in [-0.39, 0.29) is 0 Å². The average Bonchev–Trinajstić information content (AvgIpc) is 3.25. The van der Waals surface area contributed by atoms with Crippen LogP contribution >= 0.6 is 11.3 Å². The second-order valence-corrected chi connectivity index (χ2v) is 6.23. The van der Waals surface area contributed by atoms with Gasteiger partial charge in [-0.25, -0.2) is 4.98 Å². The van der Waals surface area contributed by atoms with Crippen molar-refractivity contribution in [3.8, 4) is 0 Å². The molecule has 104 valence electrons. The lowest BCUT2D eigenvalue weighted by Gasteiger charge is -2.16. The second-order valence-electron chi connectivity index (χ2n) is 5.22. The molecular weight excluding hydrogens is 268 g/mol. The van der Waals surface area contributed by atoms with Crippen LogP contribution in [-0.4, -0.2) is 18.3 Å². The topological polar surface area (TPSA) is 33.2 Å². The summed E-state index contributed by atoms with van der Waals surface area (Å²) in [5.41, 5.74) is 3.43. The average molecular weight is 286 g/mol. The van der Waals surface area contributed by atoms with Crippen LogP contribution in [0.5, 0.6) is 0 Å². The predicted molar refractivity (Wildman–Crippen MR) is 83.4 cm³/mol. The third kappa shape index (κ3) is 2.48. The molecule has 0 atom stereocenters. The fourth-order valence-corrected chi connectivity index (χ4v) is 3.22. The molecular formula is C16H18N2OS. The monoisotopic (exact) mass is 286 g/mol. The van der Waals surface area contributed by atoms with Crippen molar-refractivity contribution in [1.82, 2.24) is 4.98 Å². The summed E-state index contributed by atoms with van der Waals surface area (Å²) in [5.74, 6) is 0.510. The maximum Gasteiger partial charge on any atom is 0.190 e. The van der Waals surface area contributed by atoms with Gasteiger partial charge in [-0.05, 0) is 37.0 Å². The van der Waals surface area contributed by atoms with E-state index in [2.05, 4.69) is 41.1 Å². The minimum atomic E-state index is 0.510. The van der Waals surface area contributed by atoms with Gasteiger partial charge in [0.15, 0.2) is 11.4 Å². The van der Waals surface area contributed by atoms with Gasteiger partial charge in [-0.3, -0.25) is 4.79 Å². The molecule has 0 saturated heterocycles. The molecule has 20 heavy (non-hydrogen) atoms. The van der Waals surface area contributed by atoms with Gasteiger partial charge in [0, 0.05) is 18.7 Å². The van der Waals surface area contributed by atoms with Crippen molar-refractivity contribution in [2.24, 2.45) is 0 Å². The summed E-state index contributed by atoms with van der Waals surface area (Å²) in [5, 5.41) is 0.901. The number of nitrogens with zero attached hydrogens (tertiary/aromatic N) is 2. The molecule has 0 N–H and O–H groups in total. The summed E-state index contributed by atoms with van der Waals surface area (Å²) in [6.45, 7) is 2.15. The number of aromatic nitrogens is 1. The lowest BCUT2D eigenvalue weighted by atomic mass is 10.1. The molecule has 1 aromatic carbocycles. The van der Waals surface area contributed by atoms with Gasteiger partial charge in [0.2, 0.25) is 0 Å². The molecule has 2 aromatic rings. The van der Waals surface area contributed by atoms with E-state index in [9.17, 15) is 4.79 Å². The Morgan fingerprint density at radius 3 is 2.60 bits per heavy atom. The van der Waals surface area contributed by atoms with Crippen LogP contribution in [0.1, 0.15) is 46.6 Å². The zero-order chi connectivity index (χ0) is 14.1. The SMILES string of the molecule is CCc1ccc(N(C)c2nc(C3CC3)c(C=O)s2)cc1. The standard InChI is InChI=1S/C16H18N2OS/c1-3-11-4-8-13(9-5-11)18(2)16-17-15(12-6-7-12)14(10-19)20-16/h4-5,8-10,12H,3,6-7H2,1-2H3. The molecule has 1 aliphatic carbocycles. The quantitative estimate of drug-likeness (QED) is 0.774. The van der Waals surface area contributed by atoms with E-state index in [1.54, 1.807) is 0 Å². The van der Waals surface area contributed by atoms with Crippen molar-refractivity contribution >= 4 is 28.4 Å². The maximum absolute atomic E-state index is 11.2. The molecule has 4 heteroatoms. The normalized spacial score (nSPS) is 14.3. The molecule has 1 heterocycles. The Balaban J connectivity index is 1.88. The first kappa shape index (κ1) is 13.3. The molecule has 1 saturated carbocycles. The lowest BCUT2D eigenvalue weighted by Crippen LogP contribution is -2.09. The van der Waals surface area contributed by atoms with Gasteiger partial charge in [0.05, 0.1) is 10.6 Å². The van der Waals surface area contributed by atoms with Crippen LogP contribution in [0.3, 0.4) is 0 Å². The minimum Gasteiger partial charge on any atom is -0.321 e. The van der Waals surface area contributed by atoms with Gasteiger partial charge in [-0.2, -0.15) is 0 Å². The number of hydrogen-bond acceptors (Lipinski definition) is 4. The van der Waals surface area contributed by atoms with E-state index in [1.165, 1.54) is 29.7 Å². The zero-order valence-electron chi connectivity index (χ0n) is 11.8. The Morgan fingerprint density at radius 1 is 1.35 bits per heavy atom. The number of thiazole rings is 1. The molecule has 0 amide bonds. The van der Waals surface area contributed by atoms with Gasteiger partial charge >= 0.3 is 0 Å². The van der Waals surface area contributed by atoms with Crippen LogP contribution in [0.2, 0.25) is 0 Å². The van der Waals surface area contributed by atoms with Gasteiger partial charge in [0.1, 0.15) is 0 Å². The van der Waals surface area contributed by atoms with E-state index < -0.39 is 0 Å². The van der Waals surface area contributed by atoms with Crippen molar-refractivity contribution in [2.45, 2.75) is 32.1 Å². The van der Waals surface area contributed by atoms with Crippen LogP contribution < -0.4 is 4.90 Å². The molecule has 1 fully saturated rings. The maximum atomic E-state index is 11.2. The summed E-state index contributed by atoms with van der Waals surface area (Å²) < 4.78 is 0. The Morgan fingerprint density at radius 2 is 2.05 bits per heavy atom. The number of aldehydes is 1. The van der Waals surface area contributed by atoms with Gasteiger partial charge in [0.25, 0.3) is 0 Å². The number of hydrogen-bond donors (Lipinski definition) is 0.